The van der Waals surface area contributed by atoms with E-state index in [-0.39, 0.29) is 6.61 Å². The average Bonchev–Trinajstić information content (AvgIpc) is 2.29. The van der Waals surface area contributed by atoms with Gasteiger partial charge < -0.3 is 14.6 Å². The molecule has 1 aromatic rings. The summed E-state index contributed by atoms with van der Waals surface area (Å²) in [4.78, 5) is 0. The van der Waals surface area contributed by atoms with Gasteiger partial charge in [-0.15, -0.1) is 0 Å². The molecule has 0 saturated carbocycles. The summed E-state index contributed by atoms with van der Waals surface area (Å²) in [5, 5.41) is 17.3. The molecule has 1 rings (SSSR count). The first-order valence-corrected chi connectivity index (χ1v) is 4.63. The second kappa shape index (κ2) is 5.89. The molecule has 0 aliphatic carbocycles. The van der Waals surface area contributed by atoms with Crippen LogP contribution in [0.4, 0.5) is 0 Å². The van der Waals surface area contributed by atoms with E-state index < -0.39 is 0 Å². The molecule has 1 N–H and O–H groups in total. The van der Waals surface area contributed by atoms with E-state index in [9.17, 15) is 0 Å². The lowest BCUT2D eigenvalue weighted by Gasteiger charge is -2.07. The van der Waals surface area contributed by atoms with Crippen LogP contribution in [-0.4, -0.2) is 25.4 Å². The van der Waals surface area contributed by atoms with Crippen molar-refractivity contribution in [2.45, 2.75) is 6.42 Å². The second-order valence-corrected chi connectivity index (χ2v) is 2.93. The first-order chi connectivity index (χ1) is 7.30. The summed E-state index contributed by atoms with van der Waals surface area (Å²) in [6.45, 7) is 0.517. The maximum absolute atomic E-state index is 8.75. The molecule has 0 aliphatic heterocycles. The van der Waals surface area contributed by atoms with E-state index in [2.05, 4.69) is 0 Å². The molecular weight excluding hydrogens is 194 g/mol. The van der Waals surface area contributed by atoms with Crippen molar-refractivity contribution in [2.24, 2.45) is 0 Å². The van der Waals surface area contributed by atoms with E-state index in [1.807, 2.05) is 6.07 Å². The Hall–Kier alpha value is -1.73. The smallest absolute Gasteiger partial charge is 0.124 e. The van der Waals surface area contributed by atoms with Crippen LogP contribution < -0.4 is 9.47 Å². The van der Waals surface area contributed by atoms with Crippen LogP contribution in [0.15, 0.2) is 18.2 Å². The van der Waals surface area contributed by atoms with Crippen LogP contribution >= 0.6 is 0 Å². The van der Waals surface area contributed by atoms with Gasteiger partial charge in [0.2, 0.25) is 0 Å². The number of benzene rings is 1. The predicted octanol–water partition coefficient (Wildman–Crippen LogP) is 1.33. The number of ether oxygens (including phenoxy) is 2. The first kappa shape index (κ1) is 11.3. The van der Waals surface area contributed by atoms with Crippen molar-refractivity contribution in [2.75, 3.05) is 20.3 Å². The Morgan fingerprint density at radius 3 is 2.67 bits per heavy atom. The first-order valence-electron chi connectivity index (χ1n) is 4.63. The van der Waals surface area contributed by atoms with Crippen LogP contribution in [0, 0.1) is 11.3 Å². The monoisotopic (exact) mass is 207 g/mol. The zero-order valence-electron chi connectivity index (χ0n) is 8.56. The third-order valence-electron chi connectivity index (χ3n) is 1.82. The number of hydrogen-bond donors (Lipinski definition) is 1. The predicted molar refractivity (Wildman–Crippen MR) is 54.9 cm³/mol. The maximum Gasteiger partial charge on any atom is 0.124 e. The summed E-state index contributed by atoms with van der Waals surface area (Å²) in [5.74, 6) is 1.17. The number of methoxy groups -OCH3 is 1. The second-order valence-electron chi connectivity index (χ2n) is 2.93. The van der Waals surface area contributed by atoms with Crippen molar-refractivity contribution in [3.63, 3.8) is 0 Å². The molecule has 0 unspecified atom stereocenters. The Morgan fingerprint density at radius 2 is 2.07 bits per heavy atom. The molecule has 4 nitrogen and oxygen atoms in total. The minimum absolute atomic E-state index is 0.0923. The minimum atomic E-state index is 0.0923. The summed E-state index contributed by atoms with van der Waals surface area (Å²) >= 11 is 0. The average molecular weight is 207 g/mol. The van der Waals surface area contributed by atoms with Gasteiger partial charge in [-0.3, -0.25) is 0 Å². The lowest BCUT2D eigenvalue weighted by Crippen LogP contribution is -2.00. The molecule has 0 atom stereocenters. The highest BCUT2D eigenvalue weighted by molar-refractivity contribution is 5.43. The number of rotatable bonds is 5. The molecule has 0 radical (unpaired) electrons. The lowest BCUT2D eigenvalue weighted by molar-refractivity contribution is 0.233. The van der Waals surface area contributed by atoms with Crippen LogP contribution in [0.25, 0.3) is 0 Å². The SMILES string of the molecule is COc1cc(C#N)cc(OCCCO)c1. The summed E-state index contributed by atoms with van der Waals surface area (Å²) < 4.78 is 10.4. The molecule has 0 amide bonds. The number of nitriles is 1. The van der Waals surface area contributed by atoms with Crippen molar-refractivity contribution in [1.29, 1.82) is 5.26 Å². The standard InChI is InChI=1S/C11H13NO3/c1-14-10-5-9(8-12)6-11(7-10)15-4-2-3-13/h5-7,13H,2-4H2,1H3. The number of nitrogens with zero attached hydrogens (tertiary/aromatic N) is 1. The lowest BCUT2D eigenvalue weighted by atomic mass is 10.2. The van der Waals surface area contributed by atoms with Crippen LogP contribution in [0.2, 0.25) is 0 Å². The third kappa shape index (κ3) is 3.49. The van der Waals surface area contributed by atoms with Gasteiger partial charge in [-0.2, -0.15) is 5.26 Å². The van der Waals surface area contributed by atoms with Crippen molar-refractivity contribution in [1.82, 2.24) is 0 Å². The normalized spacial score (nSPS) is 9.40. The molecule has 15 heavy (non-hydrogen) atoms. The van der Waals surface area contributed by atoms with Crippen molar-refractivity contribution < 1.29 is 14.6 Å². The van der Waals surface area contributed by atoms with Gasteiger partial charge in [0.25, 0.3) is 0 Å². The Bertz CT molecular complexity index is 357. The summed E-state index contributed by atoms with van der Waals surface area (Å²) in [6, 6.07) is 7.01. The molecular formula is C11H13NO3. The van der Waals surface area contributed by atoms with Crippen LogP contribution in [0.3, 0.4) is 0 Å². The van der Waals surface area contributed by atoms with Gasteiger partial charge in [0.15, 0.2) is 0 Å². The zero-order valence-corrected chi connectivity index (χ0v) is 8.56. The molecule has 1 aromatic carbocycles. The molecule has 0 aliphatic rings. The molecule has 0 aromatic heterocycles. The fourth-order valence-corrected chi connectivity index (χ4v) is 1.09. The van der Waals surface area contributed by atoms with Gasteiger partial charge in [0, 0.05) is 19.1 Å². The molecule has 80 valence electrons. The quantitative estimate of drug-likeness (QED) is 0.740. The Balaban J connectivity index is 2.74. The van der Waals surface area contributed by atoms with Crippen molar-refractivity contribution in [3.8, 4) is 17.6 Å². The van der Waals surface area contributed by atoms with Gasteiger partial charge in [0.05, 0.1) is 25.3 Å². The largest absolute Gasteiger partial charge is 0.497 e. The van der Waals surface area contributed by atoms with E-state index in [4.69, 9.17) is 19.8 Å². The fraction of sp³-hybridized carbons (Fsp3) is 0.364. The molecule has 0 spiro atoms. The van der Waals surface area contributed by atoms with Gasteiger partial charge in [-0.05, 0) is 12.1 Å². The molecule has 4 heteroatoms. The fourth-order valence-electron chi connectivity index (χ4n) is 1.09. The summed E-state index contributed by atoms with van der Waals surface area (Å²) in [6.07, 6.45) is 0.569. The van der Waals surface area contributed by atoms with Gasteiger partial charge in [0.1, 0.15) is 11.5 Å². The van der Waals surface area contributed by atoms with Gasteiger partial charge in [-0.1, -0.05) is 0 Å². The van der Waals surface area contributed by atoms with E-state index in [0.29, 0.717) is 30.1 Å². The minimum Gasteiger partial charge on any atom is -0.497 e. The van der Waals surface area contributed by atoms with E-state index >= 15 is 0 Å². The number of aliphatic hydroxyl groups excluding tert-OH is 1. The van der Waals surface area contributed by atoms with Crippen molar-refractivity contribution in [3.05, 3.63) is 23.8 Å². The van der Waals surface area contributed by atoms with E-state index in [1.165, 1.54) is 7.11 Å². The Labute approximate surface area is 88.7 Å². The summed E-state index contributed by atoms with van der Waals surface area (Å²) in [5.41, 5.74) is 0.494. The third-order valence-corrected chi connectivity index (χ3v) is 1.82. The molecule has 0 fully saturated rings. The highest BCUT2D eigenvalue weighted by Crippen LogP contribution is 2.22. The van der Waals surface area contributed by atoms with Crippen LogP contribution in [0.5, 0.6) is 11.5 Å². The van der Waals surface area contributed by atoms with Crippen molar-refractivity contribution >= 4 is 0 Å². The van der Waals surface area contributed by atoms with E-state index in [1.54, 1.807) is 18.2 Å². The highest BCUT2D eigenvalue weighted by Gasteiger charge is 2.01. The molecule has 0 bridgehead atoms. The Kier molecular flexibility index (Phi) is 4.45. The Morgan fingerprint density at radius 1 is 1.33 bits per heavy atom. The number of hydrogen-bond acceptors (Lipinski definition) is 4. The zero-order chi connectivity index (χ0) is 11.1. The maximum atomic E-state index is 8.75. The van der Waals surface area contributed by atoms with Crippen LogP contribution in [-0.2, 0) is 0 Å². The van der Waals surface area contributed by atoms with E-state index in [0.717, 1.165) is 0 Å². The topological polar surface area (TPSA) is 62.5 Å². The van der Waals surface area contributed by atoms with Gasteiger partial charge >= 0.3 is 0 Å². The highest BCUT2D eigenvalue weighted by atomic mass is 16.5. The summed E-state index contributed by atoms with van der Waals surface area (Å²) in [7, 11) is 1.54. The van der Waals surface area contributed by atoms with Crippen LogP contribution in [0.1, 0.15) is 12.0 Å². The van der Waals surface area contributed by atoms with Gasteiger partial charge in [-0.25, -0.2) is 0 Å². The molecule has 0 heterocycles. The number of aliphatic hydroxyl groups is 1. The molecule has 0 saturated heterocycles.